The van der Waals surface area contributed by atoms with Gasteiger partial charge < -0.3 is 9.73 Å². The first-order valence-corrected chi connectivity index (χ1v) is 5.23. The van der Waals surface area contributed by atoms with Gasteiger partial charge in [0, 0.05) is 25.7 Å². The molecule has 1 fully saturated rings. The smallest absolute Gasteiger partial charge is 0.117 e. The molecular weight excluding hydrogens is 190 g/mol. The first-order chi connectivity index (χ1) is 7.38. The number of nitrogens with zero attached hydrogens (tertiary/aromatic N) is 2. The zero-order valence-electron chi connectivity index (χ0n) is 8.65. The second-order valence-corrected chi connectivity index (χ2v) is 3.83. The highest BCUT2D eigenvalue weighted by Crippen LogP contribution is 2.09. The molecule has 1 atom stereocenters. The van der Waals surface area contributed by atoms with Crippen molar-refractivity contribution in [3.63, 3.8) is 0 Å². The summed E-state index contributed by atoms with van der Waals surface area (Å²) < 4.78 is 5.30. The van der Waals surface area contributed by atoms with E-state index in [1.165, 1.54) is 0 Å². The maximum Gasteiger partial charge on any atom is 0.117 e. The van der Waals surface area contributed by atoms with Crippen LogP contribution < -0.4 is 5.32 Å². The van der Waals surface area contributed by atoms with E-state index in [9.17, 15) is 0 Å². The van der Waals surface area contributed by atoms with Crippen LogP contribution in [0.25, 0.3) is 0 Å². The topological polar surface area (TPSA) is 52.2 Å². The predicted octanol–water partition coefficient (Wildman–Crippen LogP) is 0.967. The molecule has 80 valence electrons. The van der Waals surface area contributed by atoms with Gasteiger partial charge in [0.1, 0.15) is 5.76 Å². The zero-order chi connectivity index (χ0) is 10.5. The van der Waals surface area contributed by atoms with Crippen LogP contribution >= 0.6 is 0 Å². The highest BCUT2D eigenvalue weighted by molar-refractivity contribution is 4.99. The fourth-order valence-corrected chi connectivity index (χ4v) is 1.91. The highest BCUT2D eigenvalue weighted by atomic mass is 16.3. The number of hydrogen-bond acceptors (Lipinski definition) is 4. The molecule has 1 aliphatic heterocycles. The van der Waals surface area contributed by atoms with Crippen molar-refractivity contribution in [3.05, 3.63) is 24.2 Å². The Labute approximate surface area is 89.5 Å². The number of nitrogens with one attached hydrogen (secondary N) is 1. The summed E-state index contributed by atoms with van der Waals surface area (Å²) in [5, 5.41) is 12.0. The molecule has 0 aromatic carbocycles. The maximum absolute atomic E-state index is 8.63. The zero-order valence-corrected chi connectivity index (χ0v) is 8.65. The van der Waals surface area contributed by atoms with E-state index in [1.54, 1.807) is 6.26 Å². The fourth-order valence-electron chi connectivity index (χ4n) is 1.91. The second-order valence-electron chi connectivity index (χ2n) is 3.83. The summed E-state index contributed by atoms with van der Waals surface area (Å²) >= 11 is 0. The van der Waals surface area contributed by atoms with Crippen LogP contribution in [-0.2, 0) is 6.54 Å². The summed E-state index contributed by atoms with van der Waals surface area (Å²) in [5.74, 6) is 0.993. The minimum Gasteiger partial charge on any atom is -0.468 e. The molecule has 1 unspecified atom stereocenters. The van der Waals surface area contributed by atoms with Crippen molar-refractivity contribution in [3.8, 4) is 6.07 Å². The summed E-state index contributed by atoms with van der Waals surface area (Å²) in [6.07, 6.45) is 2.28. The molecule has 1 aromatic heterocycles. The van der Waals surface area contributed by atoms with Crippen molar-refractivity contribution in [1.82, 2.24) is 10.2 Å². The van der Waals surface area contributed by atoms with Crippen molar-refractivity contribution >= 4 is 0 Å². The summed E-state index contributed by atoms with van der Waals surface area (Å²) in [5.41, 5.74) is 0. The van der Waals surface area contributed by atoms with Crippen molar-refractivity contribution in [2.45, 2.75) is 19.0 Å². The molecule has 0 amide bonds. The summed E-state index contributed by atoms with van der Waals surface area (Å²) in [4.78, 5) is 2.32. The van der Waals surface area contributed by atoms with Gasteiger partial charge in [-0.05, 0) is 12.1 Å². The van der Waals surface area contributed by atoms with Gasteiger partial charge in [0.25, 0.3) is 0 Å². The first-order valence-electron chi connectivity index (χ1n) is 5.23. The van der Waals surface area contributed by atoms with E-state index in [4.69, 9.17) is 9.68 Å². The maximum atomic E-state index is 8.63. The molecule has 0 saturated carbocycles. The van der Waals surface area contributed by atoms with Crippen LogP contribution in [0.3, 0.4) is 0 Å². The highest BCUT2D eigenvalue weighted by Gasteiger charge is 2.19. The van der Waals surface area contributed by atoms with E-state index in [1.807, 2.05) is 12.1 Å². The molecule has 1 N–H and O–H groups in total. The summed E-state index contributed by atoms with van der Waals surface area (Å²) in [7, 11) is 0. The molecule has 2 heterocycles. The minimum absolute atomic E-state index is 0.304. The Hall–Kier alpha value is -1.31. The van der Waals surface area contributed by atoms with Gasteiger partial charge in [-0.2, -0.15) is 5.26 Å². The number of rotatable bonds is 3. The predicted molar refractivity (Wildman–Crippen MR) is 56.0 cm³/mol. The SMILES string of the molecule is N#CCC1CN(Cc2ccco2)CCN1. The molecule has 1 saturated heterocycles. The average Bonchev–Trinajstić information content (AvgIpc) is 2.71. The van der Waals surface area contributed by atoms with Crippen LogP contribution in [0.2, 0.25) is 0 Å². The Morgan fingerprint density at radius 3 is 3.33 bits per heavy atom. The minimum atomic E-state index is 0.304. The van der Waals surface area contributed by atoms with Gasteiger partial charge in [-0.15, -0.1) is 0 Å². The lowest BCUT2D eigenvalue weighted by Gasteiger charge is -2.31. The lowest BCUT2D eigenvalue weighted by Crippen LogP contribution is -2.49. The van der Waals surface area contributed by atoms with Gasteiger partial charge >= 0.3 is 0 Å². The molecule has 0 aliphatic carbocycles. The number of furan rings is 1. The molecular formula is C11H15N3O. The standard InChI is InChI=1S/C11H15N3O/c12-4-3-10-8-14(6-5-13-10)9-11-2-1-7-15-11/h1-2,7,10,13H,3,5-6,8-9H2. The number of piperazine rings is 1. The van der Waals surface area contributed by atoms with E-state index in [2.05, 4.69) is 16.3 Å². The normalized spacial score (nSPS) is 22.5. The lowest BCUT2D eigenvalue weighted by atomic mass is 10.1. The Morgan fingerprint density at radius 1 is 1.67 bits per heavy atom. The van der Waals surface area contributed by atoms with E-state index >= 15 is 0 Å². The molecule has 0 spiro atoms. The van der Waals surface area contributed by atoms with Crippen LogP contribution in [0.1, 0.15) is 12.2 Å². The van der Waals surface area contributed by atoms with Gasteiger partial charge in [0.05, 0.1) is 25.3 Å². The van der Waals surface area contributed by atoms with Crippen molar-refractivity contribution in [1.29, 1.82) is 5.26 Å². The molecule has 0 radical (unpaired) electrons. The quantitative estimate of drug-likeness (QED) is 0.798. The van der Waals surface area contributed by atoms with Crippen molar-refractivity contribution < 1.29 is 4.42 Å². The Balaban J connectivity index is 1.85. The third-order valence-corrected chi connectivity index (χ3v) is 2.64. The monoisotopic (exact) mass is 205 g/mol. The Bertz CT molecular complexity index is 328. The van der Waals surface area contributed by atoms with Crippen LogP contribution in [0.15, 0.2) is 22.8 Å². The van der Waals surface area contributed by atoms with E-state index in [0.29, 0.717) is 12.5 Å². The fraction of sp³-hybridized carbons (Fsp3) is 0.545. The molecule has 1 aliphatic rings. The van der Waals surface area contributed by atoms with E-state index < -0.39 is 0 Å². The third kappa shape index (κ3) is 2.82. The largest absolute Gasteiger partial charge is 0.468 e. The first kappa shape index (κ1) is 10.2. The second kappa shape index (κ2) is 4.96. The van der Waals surface area contributed by atoms with E-state index in [-0.39, 0.29) is 0 Å². The Morgan fingerprint density at radius 2 is 2.60 bits per heavy atom. The van der Waals surface area contributed by atoms with Gasteiger partial charge in [-0.3, -0.25) is 4.90 Å². The van der Waals surface area contributed by atoms with Crippen LogP contribution in [-0.4, -0.2) is 30.6 Å². The summed E-state index contributed by atoms with van der Waals surface area (Å²) in [6.45, 7) is 3.74. The average molecular weight is 205 g/mol. The van der Waals surface area contributed by atoms with Gasteiger partial charge in [-0.25, -0.2) is 0 Å². The molecule has 15 heavy (non-hydrogen) atoms. The van der Waals surface area contributed by atoms with Crippen molar-refractivity contribution in [2.75, 3.05) is 19.6 Å². The lowest BCUT2D eigenvalue weighted by molar-refractivity contribution is 0.181. The molecule has 1 aromatic rings. The van der Waals surface area contributed by atoms with Crippen LogP contribution in [0.4, 0.5) is 0 Å². The molecule has 2 rings (SSSR count). The van der Waals surface area contributed by atoms with E-state index in [0.717, 1.165) is 31.9 Å². The van der Waals surface area contributed by atoms with Crippen molar-refractivity contribution in [2.24, 2.45) is 0 Å². The summed E-state index contributed by atoms with van der Waals surface area (Å²) in [6, 6.07) is 6.40. The number of hydrogen-bond donors (Lipinski definition) is 1. The molecule has 4 nitrogen and oxygen atoms in total. The van der Waals surface area contributed by atoms with Gasteiger partial charge in [0.2, 0.25) is 0 Å². The third-order valence-electron chi connectivity index (χ3n) is 2.64. The van der Waals surface area contributed by atoms with Gasteiger partial charge in [0.15, 0.2) is 0 Å². The number of nitriles is 1. The molecule has 0 bridgehead atoms. The Kier molecular flexibility index (Phi) is 3.38. The van der Waals surface area contributed by atoms with Crippen LogP contribution in [0, 0.1) is 11.3 Å². The van der Waals surface area contributed by atoms with Gasteiger partial charge in [-0.1, -0.05) is 0 Å². The molecule has 4 heteroatoms. The van der Waals surface area contributed by atoms with Crippen LogP contribution in [0.5, 0.6) is 0 Å².